The van der Waals surface area contributed by atoms with Gasteiger partial charge in [-0.25, -0.2) is 0 Å². The number of benzene rings is 1. The molecular formula is C16H24O2. The van der Waals surface area contributed by atoms with E-state index in [2.05, 4.69) is 6.92 Å². The Morgan fingerprint density at radius 1 is 1.28 bits per heavy atom. The third kappa shape index (κ3) is 3.26. The van der Waals surface area contributed by atoms with E-state index in [0.29, 0.717) is 5.92 Å². The lowest BCUT2D eigenvalue weighted by Crippen LogP contribution is -2.27. The fourth-order valence-corrected chi connectivity index (χ4v) is 2.51. The topological polar surface area (TPSA) is 29.5 Å². The molecule has 2 heteroatoms. The van der Waals surface area contributed by atoms with Crippen LogP contribution in [0, 0.1) is 5.92 Å². The first-order chi connectivity index (χ1) is 8.62. The SMILES string of the molecule is CCCOc1ccc(C(C)(O)CC2CCC2)cc1. The molecule has 1 aliphatic carbocycles. The standard InChI is InChI=1S/C16H24O2/c1-3-11-18-15-9-7-14(8-10-15)16(2,17)12-13-5-4-6-13/h7-10,13,17H,3-6,11-12H2,1-2H3. The summed E-state index contributed by atoms with van der Waals surface area (Å²) in [7, 11) is 0. The van der Waals surface area contributed by atoms with Crippen LogP contribution in [-0.2, 0) is 5.60 Å². The Morgan fingerprint density at radius 2 is 1.94 bits per heavy atom. The van der Waals surface area contributed by atoms with Gasteiger partial charge in [-0.1, -0.05) is 38.3 Å². The predicted molar refractivity (Wildman–Crippen MR) is 73.8 cm³/mol. The van der Waals surface area contributed by atoms with Crippen LogP contribution in [-0.4, -0.2) is 11.7 Å². The Kier molecular flexibility index (Phi) is 4.28. The summed E-state index contributed by atoms with van der Waals surface area (Å²) in [6.45, 7) is 4.77. The summed E-state index contributed by atoms with van der Waals surface area (Å²) >= 11 is 0. The molecule has 1 unspecified atom stereocenters. The lowest BCUT2D eigenvalue weighted by Gasteiger charge is -2.33. The molecule has 1 saturated carbocycles. The van der Waals surface area contributed by atoms with E-state index in [1.807, 2.05) is 31.2 Å². The first-order valence-corrected chi connectivity index (χ1v) is 7.07. The number of rotatable bonds is 6. The minimum Gasteiger partial charge on any atom is -0.494 e. The quantitative estimate of drug-likeness (QED) is 0.828. The average molecular weight is 248 g/mol. The fourth-order valence-electron chi connectivity index (χ4n) is 2.51. The normalized spacial score (nSPS) is 19.1. The monoisotopic (exact) mass is 248 g/mol. The van der Waals surface area contributed by atoms with Crippen molar-refractivity contribution in [2.45, 2.75) is 51.6 Å². The van der Waals surface area contributed by atoms with Crippen molar-refractivity contribution in [2.75, 3.05) is 6.61 Å². The van der Waals surface area contributed by atoms with Crippen molar-refractivity contribution in [3.05, 3.63) is 29.8 Å². The molecule has 2 rings (SSSR count). The Balaban J connectivity index is 1.98. The molecule has 0 aliphatic heterocycles. The van der Waals surface area contributed by atoms with Gasteiger partial charge in [0.05, 0.1) is 12.2 Å². The molecule has 0 bridgehead atoms. The summed E-state index contributed by atoms with van der Waals surface area (Å²) in [6, 6.07) is 7.90. The minimum absolute atomic E-state index is 0.700. The highest BCUT2D eigenvalue weighted by Crippen LogP contribution is 2.38. The van der Waals surface area contributed by atoms with Gasteiger partial charge < -0.3 is 9.84 Å². The maximum atomic E-state index is 10.5. The third-order valence-corrected chi connectivity index (χ3v) is 3.86. The second-order valence-corrected chi connectivity index (χ2v) is 5.65. The summed E-state index contributed by atoms with van der Waals surface area (Å²) in [4.78, 5) is 0. The first-order valence-electron chi connectivity index (χ1n) is 7.07. The highest BCUT2D eigenvalue weighted by molar-refractivity contribution is 5.30. The molecule has 2 nitrogen and oxygen atoms in total. The van der Waals surface area contributed by atoms with Crippen LogP contribution in [0.25, 0.3) is 0 Å². The molecule has 0 radical (unpaired) electrons. The van der Waals surface area contributed by atoms with Gasteiger partial charge in [-0.05, 0) is 43.4 Å². The van der Waals surface area contributed by atoms with Crippen molar-refractivity contribution in [1.29, 1.82) is 0 Å². The molecule has 1 aromatic rings. The van der Waals surface area contributed by atoms with E-state index in [9.17, 15) is 5.11 Å². The zero-order valence-electron chi connectivity index (χ0n) is 11.5. The van der Waals surface area contributed by atoms with Crippen molar-refractivity contribution < 1.29 is 9.84 Å². The Morgan fingerprint density at radius 3 is 2.44 bits per heavy atom. The van der Waals surface area contributed by atoms with Crippen LogP contribution in [0.3, 0.4) is 0 Å². The molecule has 0 saturated heterocycles. The fraction of sp³-hybridized carbons (Fsp3) is 0.625. The largest absolute Gasteiger partial charge is 0.494 e. The van der Waals surface area contributed by atoms with Crippen LogP contribution >= 0.6 is 0 Å². The van der Waals surface area contributed by atoms with Crippen LogP contribution in [0.5, 0.6) is 5.75 Å². The summed E-state index contributed by atoms with van der Waals surface area (Å²) in [5.74, 6) is 1.59. The molecule has 1 atom stereocenters. The van der Waals surface area contributed by atoms with Crippen LogP contribution in [0.2, 0.25) is 0 Å². The molecular weight excluding hydrogens is 224 g/mol. The van der Waals surface area contributed by atoms with Crippen LogP contribution < -0.4 is 4.74 Å². The summed E-state index contributed by atoms with van der Waals surface area (Å²) in [5, 5.41) is 10.5. The van der Waals surface area contributed by atoms with Gasteiger partial charge in [0.25, 0.3) is 0 Å². The van der Waals surface area contributed by atoms with Crippen LogP contribution in [0.15, 0.2) is 24.3 Å². The van der Waals surface area contributed by atoms with Crippen molar-refractivity contribution in [3.63, 3.8) is 0 Å². The van der Waals surface area contributed by atoms with Gasteiger partial charge in [-0.2, -0.15) is 0 Å². The summed E-state index contributed by atoms with van der Waals surface area (Å²) in [6.07, 6.45) is 5.76. The van der Waals surface area contributed by atoms with Crippen LogP contribution in [0.4, 0.5) is 0 Å². The Bertz CT molecular complexity index is 363. The van der Waals surface area contributed by atoms with E-state index in [1.54, 1.807) is 0 Å². The molecule has 1 fully saturated rings. The van der Waals surface area contributed by atoms with Gasteiger partial charge in [0.15, 0.2) is 0 Å². The second kappa shape index (κ2) is 5.75. The van der Waals surface area contributed by atoms with Gasteiger partial charge in [-0.3, -0.25) is 0 Å². The van der Waals surface area contributed by atoms with Crippen molar-refractivity contribution in [1.82, 2.24) is 0 Å². The van der Waals surface area contributed by atoms with Gasteiger partial charge in [0.1, 0.15) is 5.75 Å². The predicted octanol–water partition coefficient (Wildman–Crippen LogP) is 3.87. The zero-order valence-corrected chi connectivity index (χ0v) is 11.5. The van der Waals surface area contributed by atoms with Gasteiger partial charge in [0.2, 0.25) is 0 Å². The molecule has 18 heavy (non-hydrogen) atoms. The number of ether oxygens (including phenoxy) is 1. The molecule has 0 spiro atoms. The maximum absolute atomic E-state index is 10.5. The summed E-state index contributed by atoms with van der Waals surface area (Å²) in [5.41, 5.74) is 0.298. The molecule has 1 N–H and O–H groups in total. The molecule has 1 aliphatic rings. The average Bonchev–Trinajstić information content (AvgIpc) is 2.32. The third-order valence-electron chi connectivity index (χ3n) is 3.86. The van der Waals surface area contributed by atoms with E-state index in [0.717, 1.165) is 30.8 Å². The highest BCUT2D eigenvalue weighted by atomic mass is 16.5. The zero-order chi connectivity index (χ0) is 13.0. The molecule has 0 aromatic heterocycles. The smallest absolute Gasteiger partial charge is 0.119 e. The number of hydrogen-bond donors (Lipinski definition) is 1. The maximum Gasteiger partial charge on any atom is 0.119 e. The second-order valence-electron chi connectivity index (χ2n) is 5.65. The molecule has 1 aromatic carbocycles. The van der Waals surface area contributed by atoms with Crippen molar-refractivity contribution in [2.24, 2.45) is 5.92 Å². The van der Waals surface area contributed by atoms with Crippen LogP contribution in [0.1, 0.15) is 51.5 Å². The number of aliphatic hydroxyl groups is 1. The lowest BCUT2D eigenvalue weighted by molar-refractivity contribution is 0.0161. The summed E-state index contributed by atoms with van der Waals surface area (Å²) < 4.78 is 5.55. The molecule has 0 heterocycles. The Labute approximate surface area is 110 Å². The minimum atomic E-state index is -0.700. The van der Waals surface area contributed by atoms with E-state index in [1.165, 1.54) is 19.3 Å². The van der Waals surface area contributed by atoms with Gasteiger partial charge in [-0.15, -0.1) is 0 Å². The first kappa shape index (κ1) is 13.4. The highest BCUT2D eigenvalue weighted by Gasteiger charge is 2.30. The molecule has 100 valence electrons. The van der Waals surface area contributed by atoms with E-state index >= 15 is 0 Å². The van der Waals surface area contributed by atoms with Crippen molar-refractivity contribution in [3.8, 4) is 5.75 Å². The Hall–Kier alpha value is -1.02. The van der Waals surface area contributed by atoms with Gasteiger partial charge in [0, 0.05) is 0 Å². The van der Waals surface area contributed by atoms with E-state index < -0.39 is 5.60 Å². The lowest BCUT2D eigenvalue weighted by atomic mass is 9.76. The molecule has 0 amide bonds. The van der Waals surface area contributed by atoms with E-state index in [-0.39, 0.29) is 0 Å². The van der Waals surface area contributed by atoms with Crippen molar-refractivity contribution >= 4 is 0 Å². The number of hydrogen-bond acceptors (Lipinski definition) is 2. The van der Waals surface area contributed by atoms with E-state index in [4.69, 9.17) is 4.74 Å². The van der Waals surface area contributed by atoms with Gasteiger partial charge >= 0.3 is 0 Å².